The summed E-state index contributed by atoms with van der Waals surface area (Å²) in [6.07, 6.45) is 8.19. The van der Waals surface area contributed by atoms with Crippen molar-refractivity contribution in [1.29, 1.82) is 0 Å². The van der Waals surface area contributed by atoms with E-state index in [1.807, 2.05) is 0 Å². The zero-order valence-electron chi connectivity index (χ0n) is 8.67. The van der Waals surface area contributed by atoms with Crippen molar-refractivity contribution >= 4 is 5.91 Å². The molecule has 0 radical (unpaired) electrons. The molecule has 80 valence electrons. The van der Waals surface area contributed by atoms with Crippen LogP contribution in [0.15, 0.2) is 12.7 Å². The van der Waals surface area contributed by atoms with Crippen molar-refractivity contribution in [3.63, 3.8) is 0 Å². The fraction of sp³-hybridized carbons (Fsp3) is 0.727. The third-order valence-corrected chi connectivity index (χ3v) is 2.71. The highest BCUT2D eigenvalue weighted by Crippen LogP contribution is 2.17. The average Bonchev–Trinajstić information content (AvgIpc) is 2.19. The second-order valence-corrected chi connectivity index (χ2v) is 3.97. The molecule has 1 aliphatic carbocycles. The van der Waals surface area contributed by atoms with Gasteiger partial charge in [0.2, 0.25) is 5.91 Å². The van der Waals surface area contributed by atoms with Gasteiger partial charge < -0.3 is 11.1 Å². The van der Waals surface area contributed by atoms with Crippen LogP contribution in [0.1, 0.15) is 38.5 Å². The molecule has 1 saturated carbocycles. The molecule has 0 aromatic heterocycles. The summed E-state index contributed by atoms with van der Waals surface area (Å²) in [6.45, 7) is 3.57. The summed E-state index contributed by atoms with van der Waals surface area (Å²) >= 11 is 0. The maximum absolute atomic E-state index is 11.5. The third kappa shape index (κ3) is 3.50. The van der Waals surface area contributed by atoms with Gasteiger partial charge in [0.15, 0.2) is 0 Å². The van der Waals surface area contributed by atoms with Crippen LogP contribution in [0.5, 0.6) is 0 Å². The Morgan fingerprint density at radius 3 is 2.71 bits per heavy atom. The molecule has 1 unspecified atom stereocenters. The Labute approximate surface area is 85.7 Å². The van der Waals surface area contributed by atoms with Gasteiger partial charge in [-0.15, -0.1) is 6.58 Å². The number of hydrogen-bond acceptors (Lipinski definition) is 2. The van der Waals surface area contributed by atoms with Gasteiger partial charge >= 0.3 is 0 Å². The van der Waals surface area contributed by atoms with E-state index in [9.17, 15) is 4.79 Å². The SMILES string of the molecule is C=CCC(N)C(=O)NC1CCCCC1. The van der Waals surface area contributed by atoms with Crippen molar-refractivity contribution in [3.8, 4) is 0 Å². The molecular weight excluding hydrogens is 176 g/mol. The van der Waals surface area contributed by atoms with Crippen LogP contribution in [-0.2, 0) is 4.79 Å². The first-order chi connectivity index (χ1) is 6.74. The topological polar surface area (TPSA) is 55.1 Å². The summed E-state index contributed by atoms with van der Waals surface area (Å²) < 4.78 is 0. The van der Waals surface area contributed by atoms with Crippen molar-refractivity contribution in [3.05, 3.63) is 12.7 Å². The van der Waals surface area contributed by atoms with Gasteiger partial charge in [-0.25, -0.2) is 0 Å². The van der Waals surface area contributed by atoms with Crippen LogP contribution < -0.4 is 11.1 Å². The molecule has 3 nitrogen and oxygen atoms in total. The molecule has 14 heavy (non-hydrogen) atoms. The lowest BCUT2D eigenvalue weighted by molar-refractivity contribution is -0.123. The van der Waals surface area contributed by atoms with Gasteiger partial charge in [-0.05, 0) is 19.3 Å². The Kier molecular flexibility index (Phi) is 4.66. The largest absolute Gasteiger partial charge is 0.352 e. The average molecular weight is 196 g/mol. The van der Waals surface area contributed by atoms with Crippen LogP contribution in [-0.4, -0.2) is 18.0 Å². The smallest absolute Gasteiger partial charge is 0.237 e. The van der Waals surface area contributed by atoms with Crippen LogP contribution in [0, 0.1) is 0 Å². The van der Waals surface area contributed by atoms with Crippen molar-refractivity contribution in [2.75, 3.05) is 0 Å². The number of hydrogen-bond donors (Lipinski definition) is 2. The second kappa shape index (κ2) is 5.81. The Morgan fingerprint density at radius 2 is 2.14 bits per heavy atom. The van der Waals surface area contributed by atoms with Gasteiger partial charge in [0, 0.05) is 6.04 Å². The molecule has 1 fully saturated rings. The summed E-state index contributed by atoms with van der Waals surface area (Å²) in [5.74, 6) is -0.0307. The molecule has 3 N–H and O–H groups in total. The molecule has 0 aliphatic heterocycles. The zero-order valence-corrected chi connectivity index (χ0v) is 8.67. The molecule has 0 heterocycles. The summed E-state index contributed by atoms with van der Waals surface area (Å²) in [4.78, 5) is 11.5. The second-order valence-electron chi connectivity index (χ2n) is 3.97. The first kappa shape index (κ1) is 11.2. The lowest BCUT2D eigenvalue weighted by Gasteiger charge is -2.24. The molecule has 0 saturated heterocycles. The fourth-order valence-corrected chi connectivity index (χ4v) is 1.84. The molecule has 0 aromatic rings. The maximum atomic E-state index is 11.5. The number of carbonyl (C=O) groups is 1. The maximum Gasteiger partial charge on any atom is 0.237 e. The monoisotopic (exact) mass is 196 g/mol. The summed E-state index contributed by atoms with van der Waals surface area (Å²) in [5.41, 5.74) is 5.66. The number of rotatable bonds is 4. The Balaban J connectivity index is 2.27. The predicted molar refractivity (Wildman–Crippen MR) is 57.8 cm³/mol. The highest BCUT2D eigenvalue weighted by molar-refractivity contribution is 5.81. The van der Waals surface area contributed by atoms with E-state index in [1.165, 1.54) is 19.3 Å². The minimum Gasteiger partial charge on any atom is -0.352 e. The minimum absolute atomic E-state index is 0.0307. The van der Waals surface area contributed by atoms with E-state index in [0.29, 0.717) is 12.5 Å². The van der Waals surface area contributed by atoms with Crippen LogP contribution in [0.4, 0.5) is 0 Å². The molecule has 0 spiro atoms. The summed E-state index contributed by atoms with van der Waals surface area (Å²) in [6, 6.07) is -0.0680. The quantitative estimate of drug-likeness (QED) is 0.667. The van der Waals surface area contributed by atoms with Gasteiger partial charge in [-0.2, -0.15) is 0 Å². The number of nitrogens with two attached hydrogens (primary N) is 1. The van der Waals surface area contributed by atoms with Crippen molar-refractivity contribution < 1.29 is 4.79 Å². The Hall–Kier alpha value is -0.830. The molecule has 1 rings (SSSR count). The first-order valence-electron chi connectivity index (χ1n) is 5.41. The van der Waals surface area contributed by atoms with Crippen LogP contribution in [0.2, 0.25) is 0 Å². The molecule has 1 atom stereocenters. The Morgan fingerprint density at radius 1 is 1.50 bits per heavy atom. The van der Waals surface area contributed by atoms with E-state index in [-0.39, 0.29) is 5.91 Å². The highest BCUT2D eigenvalue weighted by atomic mass is 16.2. The van der Waals surface area contributed by atoms with Crippen LogP contribution >= 0.6 is 0 Å². The zero-order chi connectivity index (χ0) is 10.4. The van der Waals surface area contributed by atoms with Gasteiger partial charge in [0.05, 0.1) is 6.04 Å². The number of nitrogens with one attached hydrogen (secondary N) is 1. The molecule has 1 amide bonds. The molecule has 0 bridgehead atoms. The fourth-order valence-electron chi connectivity index (χ4n) is 1.84. The van der Waals surface area contributed by atoms with Gasteiger partial charge in [-0.1, -0.05) is 25.3 Å². The number of carbonyl (C=O) groups excluding carboxylic acids is 1. The third-order valence-electron chi connectivity index (χ3n) is 2.71. The standard InChI is InChI=1S/C11H20N2O/c1-2-6-10(12)11(14)13-9-7-4-3-5-8-9/h2,9-10H,1,3-8,12H2,(H,13,14). The van der Waals surface area contributed by atoms with Crippen molar-refractivity contribution in [2.45, 2.75) is 50.6 Å². The van der Waals surface area contributed by atoms with E-state index >= 15 is 0 Å². The predicted octanol–water partition coefficient (Wildman–Crippen LogP) is 1.34. The normalized spacial score (nSPS) is 20.1. The lowest BCUT2D eigenvalue weighted by atomic mass is 9.95. The summed E-state index contributed by atoms with van der Waals surface area (Å²) in [7, 11) is 0. The molecule has 0 aromatic carbocycles. The van der Waals surface area contributed by atoms with Crippen molar-refractivity contribution in [2.24, 2.45) is 5.73 Å². The van der Waals surface area contributed by atoms with Crippen LogP contribution in [0.3, 0.4) is 0 Å². The molecular formula is C11H20N2O. The number of amides is 1. The highest BCUT2D eigenvalue weighted by Gasteiger charge is 2.18. The van der Waals surface area contributed by atoms with E-state index < -0.39 is 6.04 Å². The van der Waals surface area contributed by atoms with E-state index in [1.54, 1.807) is 6.08 Å². The van der Waals surface area contributed by atoms with Gasteiger partial charge in [0.1, 0.15) is 0 Å². The van der Waals surface area contributed by atoms with Crippen LogP contribution in [0.25, 0.3) is 0 Å². The Bertz CT molecular complexity index is 197. The minimum atomic E-state index is -0.422. The van der Waals surface area contributed by atoms with Gasteiger partial charge in [0.25, 0.3) is 0 Å². The van der Waals surface area contributed by atoms with E-state index in [0.717, 1.165) is 12.8 Å². The molecule has 3 heteroatoms. The first-order valence-corrected chi connectivity index (χ1v) is 5.41. The van der Waals surface area contributed by atoms with E-state index in [2.05, 4.69) is 11.9 Å². The lowest BCUT2D eigenvalue weighted by Crippen LogP contribution is -2.45. The molecule has 1 aliphatic rings. The van der Waals surface area contributed by atoms with Crippen molar-refractivity contribution in [1.82, 2.24) is 5.32 Å². The summed E-state index contributed by atoms with van der Waals surface area (Å²) in [5, 5.41) is 2.99. The van der Waals surface area contributed by atoms with Gasteiger partial charge in [-0.3, -0.25) is 4.79 Å². The van der Waals surface area contributed by atoms with E-state index in [4.69, 9.17) is 5.73 Å².